The Hall–Kier alpha value is -2.69. The van der Waals surface area contributed by atoms with E-state index in [1.807, 2.05) is 24.3 Å². The quantitative estimate of drug-likeness (QED) is 0.622. The molecule has 154 valence electrons. The molecular formula is C24H29NO4. The highest BCUT2D eigenvalue weighted by Gasteiger charge is 2.31. The number of hydrogen-bond acceptors (Lipinski definition) is 5. The maximum atomic E-state index is 11.3. The number of rotatable bonds is 9. The van der Waals surface area contributed by atoms with Crippen LogP contribution in [0.1, 0.15) is 44.6 Å². The lowest BCUT2D eigenvalue weighted by Crippen LogP contribution is -2.54. The SMILES string of the molecule is COc1cc(OC2CC2)ccc1N1CC(Oc2ccc([C@H](C)CC(C)=O)cc2)C1. The largest absolute Gasteiger partial charge is 0.494 e. The van der Waals surface area contributed by atoms with Gasteiger partial charge in [-0.3, -0.25) is 0 Å². The molecule has 1 aliphatic heterocycles. The predicted molar refractivity (Wildman–Crippen MR) is 113 cm³/mol. The van der Waals surface area contributed by atoms with Crippen LogP contribution in [0.3, 0.4) is 0 Å². The van der Waals surface area contributed by atoms with Gasteiger partial charge in [-0.15, -0.1) is 0 Å². The summed E-state index contributed by atoms with van der Waals surface area (Å²) in [5.41, 5.74) is 2.24. The summed E-state index contributed by atoms with van der Waals surface area (Å²) in [5, 5.41) is 0. The van der Waals surface area contributed by atoms with Crippen LogP contribution in [0.2, 0.25) is 0 Å². The number of ether oxygens (including phenoxy) is 3. The summed E-state index contributed by atoms with van der Waals surface area (Å²) >= 11 is 0. The highest BCUT2D eigenvalue weighted by molar-refractivity contribution is 5.76. The van der Waals surface area contributed by atoms with E-state index in [4.69, 9.17) is 14.2 Å². The van der Waals surface area contributed by atoms with Crippen molar-refractivity contribution in [2.24, 2.45) is 0 Å². The Bertz CT molecular complexity index is 854. The minimum Gasteiger partial charge on any atom is -0.494 e. The second kappa shape index (κ2) is 8.36. The topological polar surface area (TPSA) is 48.0 Å². The molecule has 2 aliphatic rings. The molecule has 1 heterocycles. The molecule has 5 nitrogen and oxygen atoms in total. The molecular weight excluding hydrogens is 366 g/mol. The fourth-order valence-corrected chi connectivity index (χ4v) is 3.70. The second-order valence-electron chi connectivity index (χ2n) is 8.17. The summed E-state index contributed by atoms with van der Waals surface area (Å²) in [6.45, 7) is 5.36. The van der Waals surface area contributed by atoms with Crippen molar-refractivity contribution in [3.8, 4) is 17.2 Å². The molecule has 5 heteroatoms. The molecule has 1 aliphatic carbocycles. The first-order chi connectivity index (χ1) is 14.0. The van der Waals surface area contributed by atoms with E-state index in [2.05, 4.69) is 30.0 Å². The monoisotopic (exact) mass is 395 g/mol. The van der Waals surface area contributed by atoms with Crippen molar-refractivity contribution in [1.82, 2.24) is 0 Å². The van der Waals surface area contributed by atoms with E-state index >= 15 is 0 Å². The van der Waals surface area contributed by atoms with Crippen LogP contribution < -0.4 is 19.1 Å². The molecule has 2 fully saturated rings. The van der Waals surface area contributed by atoms with Crippen molar-refractivity contribution in [1.29, 1.82) is 0 Å². The van der Waals surface area contributed by atoms with E-state index in [0.717, 1.165) is 48.9 Å². The van der Waals surface area contributed by atoms with Gasteiger partial charge in [-0.2, -0.15) is 0 Å². The summed E-state index contributed by atoms with van der Waals surface area (Å²) in [7, 11) is 1.70. The molecule has 1 saturated heterocycles. The van der Waals surface area contributed by atoms with Gasteiger partial charge in [-0.05, 0) is 55.5 Å². The third kappa shape index (κ3) is 4.84. The molecule has 2 aromatic carbocycles. The zero-order valence-corrected chi connectivity index (χ0v) is 17.4. The zero-order valence-electron chi connectivity index (χ0n) is 17.4. The van der Waals surface area contributed by atoms with E-state index in [0.29, 0.717) is 12.5 Å². The normalized spacial score (nSPS) is 17.4. The molecule has 4 rings (SSSR count). The number of carbonyl (C=O) groups excluding carboxylic acids is 1. The molecule has 0 aromatic heterocycles. The molecule has 0 bridgehead atoms. The Morgan fingerprint density at radius 3 is 2.31 bits per heavy atom. The first kappa shape index (κ1) is 19.6. The fourth-order valence-electron chi connectivity index (χ4n) is 3.70. The highest BCUT2D eigenvalue weighted by atomic mass is 16.5. The van der Waals surface area contributed by atoms with Crippen LogP contribution in [0.25, 0.3) is 0 Å². The van der Waals surface area contributed by atoms with Gasteiger partial charge in [-0.25, -0.2) is 0 Å². The van der Waals surface area contributed by atoms with Crippen LogP contribution in [0.5, 0.6) is 17.2 Å². The molecule has 0 radical (unpaired) electrons. The Kier molecular flexibility index (Phi) is 5.65. The van der Waals surface area contributed by atoms with Gasteiger partial charge in [0.05, 0.1) is 32.0 Å². The highest BCUT2D eigenvalue weighted by Crippen LogP contribution is 2.37. The molecule has 2 aromatic rings. The standard InChI is InChI=1S/C24H29NO4/c1-16(12-17(2)26)18-4-6-19(7-5-18)29-22-14-25(15-22)23-11-10-21(13-24(23)27-3)28-20-8-9-20/h4-7,10-11,13,16,20,22H,8-9,12,14-15H2,1-3H3/t16-/m1/s1. The van der Waals surface area contributed by atoms with Gasteiger partial charge in [-0.1, -0.05) is 19.1 Å². The van der Waals surface area contributed by atoms with E-state index in [1.165, 1.54) is 5.56 Å². The molecule has 0 unspecified atom stereocenters. The average molecular weight is 395 g/mol. The fraction of sp³-hybridized carbons (Fsp3) is 0.458. The number of nitrogens with zero attached hydrogens (tertiary/aromatic N) is 1. The van der Waals surface area contributed by atoms with Gasteiger partial charge >= 0.3 is 0 Å². The Morgan fingerprint density at radius 2 is 1.69 bits per heavy atom. The third-order valence-corrected chi connectivity index (χ3v) is 5.51. The maximum Gasteiger partial charge on any atom is 0.145 e. The van der Waals surface area contributed by atoms with Gasteiger partial charge in [0.25, 0.3) is 0 Å². The smallest absolute Gasteiger partial charge is 0.145 e. The van der Waals surface area contributed by atoms with Crippen molar-refractivity contribution >= 4 is 11.5 Å². The molecule has 0 spiro atoms. The van der Waals surface area contributed by atoms with Crippen LogP contribution in [0.15, 0.2) is 42.5 Å². The lowest BCUT2D eigenvalue weighted by molar-refractivity contribution is -0.117. The number of Topliss-reactive ketones (excluding diaryl/α,β-unsaturated/α-hetero) is 1. The van der Waals surface area contributed by atoms with Crippen molar-refractivity contribution in [3.05, 3.63) is 48.0 Å². The minimum atomic E-state index is 0.155. The molecule has 1 saturated carbocycles. The van der Waals surface area contributed by atoms with E-state index in [-0.39, 0.29) is 17.8 Å². The number of ketones is 1. The molecule has 0 N–H and O–H groups in total. The summed E-state index contributed by atoms with van der Waals surface area (Å²) in [5.74, 6) is 3.04. The molecule has 29 heavy (non-hydrogen) atoms. The number of hydrogen-bond donors (Lipinski definition) is 0. The van der Waals surface area contributed by atoms with E-state index < -0.39 is 0 Å². The van der Waals surface area contributed by atoms with Gasteiger partial charge < -0.3 is 23.9 Å². The molecule has 1 atom stereocenters. The summed E-state index contributed by atoms with van der Waals surface area (Å²) in [6, 6.07) is 14.2. The van der Waals surface area contributed by atoms with Gasteiger partial charge in [0, 0.05) is 12.5 Å². The second-order valence-corrected chi connectivity index (χ2v) is 8.17. The van der Waals surface area contributed by atoms with Gasteiger partial charge in [0.2, 0.25) is 0 Å². The van der Waals surface area contributed by atoms with E-state index in [1.54, 1.807) is 14.0 Å². The van der Waals surface area contributed by atoms with Gasteiger partial charge in [0.1, 0.15) is 29.1 Å². The van der Waals surface area contributed by atoms with Crippen LogP contribution in [0.4, 0.5) is 5.69 Å². The third-order valence-electron chi connectivity index (χ3n) is 5.51. The zero-order chi connectivity index (χ0) is 20.4. The number of benzene rings is 2. The van der Waals surface area contributed by atoms with Crippen LogP contribution >= 0.6 is 0 Å². The predicted octanol–water partition coefficient (Wildman–Crippen LogP) is 4.59. The number of anilines is 1. The Morgan fingerprint density at radius 1 is 1.03 bits per heavy atom. The first-order valence-corrected chi connectivity index (χ1v) is 10.4. The van der Waals surface area contributed by atoms with E-state index in [9.17, 15) is 4.79 Å². The first-order valence-electron chi connectivity index (χ1n) is 10.4. The van der Waals surface area contributed by atoms with Crippen molar-refractivity contribution < 1.29 is 19.0 Å². The lowest BCUT2D eigenvalue weighted by atomic mass is 9.96. The van der Waals surface area contributed by atoms with Crippen molar-refractivity contribution in [2.75, 3.05) is 25.1 Å². The van der Waals surface area contributed by atoms with Crippen LogP contribution in [-0.2, 0) is 4.79 Å². The van der Waals surface area contributed by atoms with Crippen molar-refractivity contribution in [3.63, 3.8) is 0 Å². The number of methoxy groups -OCH3 is 1. The van der Waals surface area contributed by atoms with Crippen LogP contribution in [0, 0.1) is 0 Å². The average Bonchev–Trinajstić information content (AvgIpc) is 3.48. The summed E-state index contributed by atoms with van der Waals surface area (Å²) in [4.78, 5) is 13.6. The number of carbonyl (C=O) groups is 1. The lowest BCUT2D eigenvalue weighted by Gasteiger charge is -2.41. The van der Waals surface area contributed by atoms with Crippen LogP contribution in [-0.4, -0.2) is 38.2 Å². The maximum absolute atomic E-state index is 11.3. The van der Waals surface area contributed by atoms with Gasteiger partial charge in [0.15, 0.2) is 0 Å². The minimum absolute atomic E-state index is 0.155. The summed E-state index contributed by atoms with van der Waals surface area (Å²) < 4.78 is 17.5. The molecule has 0 amide bonds. The summed E-state index contributed by atoms with van der Waals surface area (Å²) in [6.07, 6.45) is 3.40. The van der Waals surface area contributed by atoms with Crippen molar-refractivity contribution in [2.45, 2.75) is 51.2 Å². The Labute approximate surface area is 172 Å². The Balaban J connectivity index is 1.31.